The molecule has 0 saturated heterocycles. The normalized spacial score (nSPS) is 9.96. The Labute approximate surface area is 141 Å². The Morgan fingerprint density at radius 3 is 2.29 bits per heavy atom. The summed E-state index contributed by atoms with van der Waals surface area (Å²) in [5, 5.41) is 2.74. The summed E-state index contributed by atoms with van der Waals surface area (Å²) in [7, 11) is 4.60. The molecule has 0 atom stereocenters. The summed E-state index contributed by atoms with van der Waals surface area (Å²) < 4.78 is 10.3. The molecule has 0 unspecified atom stereocenters. The number of methoxy groups -OCH3 is 2. The number of likely N-dealkylation sites (N-methyl/N-ethyl adjacent to an activating group) is 1. The van der Waals surface area contributed by atoms with Crippen molar-refractivity contribution >= 4 is 17.5 Å². The van der Waals surface area contributed by atoms with Gasteiger partial charge in [0.15, 0.2) is 11.5 Å². The van der Waals surface area contributed by atoms with Crippen LogP contribution in [-0.4, -0.2) is 44.5 Å². The Morgan fingerprint density at radius 1 is 1.00 bits per heavy atom. The van der Waals surface area contributed by atoms with Crippen LogP contribution in [0.1, 0.15) is 10.4 Å². The van der Waals surface area contributed by atoms with E-state index in [0.717, 1.165) is 0 Å². The second-order valence-electron chi connectivity index (χ2n) is 5.15. The van der Waals surface area contributed by atoms with E-state index in [1.165, 1.54) is 19.1 Å². The van der Waals surface area contributed by atoms with Crippen LogP contribution in [0, 0.1) is 0 Å². The van der Waals surface area contributed by atoms with E-state index >= 15 is 0 Å². The quantitative estimate of drug-likeness (QED) is 0.884. The van der Waals surface area contributed by atoms with Crippen molar-refractivity contribution < 1.29 is 19.1 Å². The maximum atomic E-state index is 12.4. The van der Waals surface area contributed by atoms with Crippen molar-refractivity contribution in [3.05, 3.63) is 54.1 Å². The van der Waals surface area contributed by atoms with Crippen LogP contribution in [-0.2, 0) is 4.79 Å². The lowest BCUT2D eigenvalue weighted by atomic mass is 10.1. The van der Waals surface area contributed by atoms with Gasteiger partial charge in [-0.05, 0) is 30.3 Å². The summed E-state index contributed by atoms with van der Waals surface area (Å²) in [6.45, 7) is -0.0535. The van der Waals surface area contributed by atoms with E-state index in [2.05, 4.69) is 5.32 Å². The minimum Gasteiger partial charge on any atom is -0.493 e. The molecule has 0 aromatic heterocycles. The first-order valence-electron chi connectivity index (χ1n) is 7.37. The average Bonchev–Trinajstić information content (AvgIpc) is 2.61. The Balaban J connectivity index is 2.02. The van der Waals surface area contributed by atoms with Gasteiger partial charge in [0.05, 0.1) is 20.8 Å². The number of anilines is 1. The SMILES string of the molecule is COc1ccc(C(=O)N(C)CC(=O)Nc2ccccc2)cc1OC. The summed E-state index contributed by atoms with van der Waals surface area (Å²) in [6, 6.07) is 14.0. The third-order valence-electron chi connectivity index (χ3n) is 3.42. The van der Waals surface area contributed by atoms with Crippen molar-refractivity contribution in [2.45, 2.75) is 0 Å². The van der Waals surface area contributed by atoms with E-state index in [0.29, 0.717) is 22.7 Å². The van der Waals surface area contributed by atoms with Crippen LogP contribution >= 0.6 is 0 Å². The molecule has 0 spiro atoms. The van der Waals surface area contributed by atoms with Crippen molar-refractivity contribution in [1.82, 2.24) is 4.90 Å². The van der Waals surface area contributed by atoms with Gasteiger partial charge in [-0.1, -0.05) is 18.2 Å². The monoisotopic (exact) mass is 328 g/mol. The molecule has 0 heterocycles. The number of carbonyl (C=O) groups excluding carboxylic acids is 2. The van der Waals surface area contributed by atoms with Gasteiger partial charge >= 0.3 is 0 Å². The van der Waals surface area contributed by atoms with Crippen LogP contribution in [0.25, 0.3) is 0 Å². The predicted octanol–water partition coefficient (Wildman–Crippen LogP) is 2.41. The number of carbonyl (C=O) groups is 2. The Hall–Kier alpha value is -3.02. The molecule has 126 valence electrons. The van der Waals surface area contributed by atoms with Gasteiger partial charge in [0.25, 0.3) is 5.91 Å². The van der Waals surface area contributed by atoms with E-state index in [1.54, 1.807) is 37.4 Å². The first-order valence-corrected chi connectivity index (χ1v) is 7.37. The van der Waals surface area contributed by atoms with Gasteiger partial charge in [0.1, 0.15) is 0 Å². The summed E-state index contributed by atoms with van der Waals surface area (Å²) in [5.74, 6) is 0.459. The van der Waals surface area contributed by atoms with Crippen molar-refractivity contribution in [3.8, 4) is 11.5 Å². The van der Waals surface area contributed by atoms with Crippen molar-refractivity contribution in [2.24, 2.45) is 0 Å². The summed E-state index contributed by atoms with van der Waals surface area (Å²) in [4.78, 5) is 25.8. The molecule has 2 amide bonds. The second kappa shape index (κ2) is 8.01. The topological polar surface area (TPSA) is 67.9 Å². The zero-order valence-corrected chi connectivity index (χ0v) is 13.9. The highest BCUT2D eigenvalue weighted by Crippen LogP contribution is 2.27. The lowest BCUT2D eigenvalue weighted by molar-refractivity contribution is -0.116. The molecular formula is C18H20N2O4. The number of nitrogens with zero attached hydrogens (tertiary/aromatic N) is 1. The molecule has 6 nitrogen and oxygen atoms in total. The molecule has 0 aliphatic rings. The number of hydrogen-bond donors (Lipinski definition) is 1. The van der Waals surface area contributed by atoms with E-state index in [9.17, 15) is 9.59 Å². The summed E-state index contributed by atoms with van der Waals surface area (Å²) in [6.07, 6.45) is 0. The largest absolute Gasteiger partial charge is 0.493 e. The molecule has 2 aromatic carbocycles. The molecule has 2 aromatic rings. The van der Waals surface area contributed by atoms with Crippen LogP contribution in [0.3, 0.4) is 0 Å². The van der Waals surface area contributed by atoms with Crippen molar-refractivity contribution in [2.75, 3.05) is 33.1 Å². The van der Waals surface area contributed by atoms with Gasteiger partial charge < -0.3 is 19.7 Å². The second-order valence-corrected chi connectivity index (χ2v) is 5.15. The molecule has 24 heavy (non-hydrogen) atoms. The van der Waals surface area contributed by atoms with Gasteiger partial charge in [-0.15, -0.1) is 0 Å². The highest BCUT2D eigenvalue weighted by atomic mass is 16.5. The highest BCUT2D eigenvalue weighted by molar-refractivity contribution is 5.99. The van der Waals surface area contributed by atoms with Crippen LogP contribution in [0.15, 0.2) is 48.5 Å². The summed E-state index contributed by atoms with van der Waals surface area (Å²) >= 11 is 0. The Bertz CT molecular complexity index is 716. The van der Waals surface area contributed by atoms with Gasteiger partial charge in [-0.25, -0.2) is 0 Å². The third kappa shape index (κ3) is 4.25. The minimum atomic E-state index is -0.279. The van der Waals surface area contributed by atoms with E-state index in [-0.39, 0.29) is 18.4 Å². The molecular weight excluding hydrogens is 308 g/mol. The van der Waals surface area contributed by atoms with Crippen molar-refractivity contribution in [1.29, 1.82) is 0 Å². The van der Waals surface area contributed by atoms with Gasteiger partial charge in [-0.2, -0.15) is 0 Å². The standard InChI is InChI=1S/C18H20N2O4/c1-20(12-17(21)19-14-7-5-4-6-8-14)18(22)13-9-10-15(23-2)16(11-13)24-3/h4-11H,12H2,1-3H3,(H,19,21). The maximum absolute atomic E-state index is 12.4. The highest BCUT2D eigenvalue weighted by Gasteiger charge is 2.17. The Kier molecular flexibility index (Phi) is 5.78. The molecule has 0 bridgehead atoms. The van der Waals surface area contributed by atoms with Crippen molar-refractivity contribution in [3.63, 3.8) is 0 Å². The number of rotatable bonds is 6. The first-order chi connectivity index (χ1) is 11.5. The molecule has 0 saturated carbocycles. The maximum Gasteiger partial charge on any atom is 0.254 e. The molecule has 0 aliphatic carbocycles. The minimum absolute atomic E-state index is 0.0535. The van der Waals surface area contributed by atoms with Crippen LogP contribution in [0.4, 0.5) is 5.69 Å². The molecule has 1 N–H and O–H groups in total. The van der Waals surface area contributed by atoms with Gasteiger partial charge in [0.2, 0.25) is 5.91 Å². The summed E-state index contributed by atoms with van der Waals surface area (Å²) in [5.41, 5.74) is 1.11. The average molecular weight is 328 g/mol. The van der Waals surface area contributed by atoms with Crippen LogP contribution in [0.5, 0.6) is 11.5 Å². The fraction of sp³-hybridized carbons (Fsp3) is 0.222. The fourth-order valence-corrected chi connectivity index (χ4v) is 2.20. The number of hydrogen-bond acceptors (Lipinski definition) is 4. The van der Waals surface area contributed by atoms with E-state index in [1.807, 2.05) is 18.2 Å². The smallest absolute Gasteiger partial charge is 0.254 e. The molecule has 6 heteroatoms. The number of nitrogens with one attached hydrogen (secondary N) is 1. The zero-order chi connectivity index (χ0) is 17.5. The third-order valence-corrected chi connectivity index (χ3v) is 3.42. The molecule has 0 aliphatic heterocycles. The lowest BCUT2D eigenvalue weighted by Gasteiger charge is -2.18. The molecule has 0 radical (unpaired) electrons. The molecule has 2 rings (SSSR count). The predicted molar refractivity (Wildman–Crippen MR) is 91.6 cm³/mol. The number of amides is 2. The van der Waals surface area contributed by atoms with E-state index in [4.69, 9.17) is 9.47 Å². The fourth-order valence-electron chi connectivity index (χ4n) is 2.20. The zero-order valence-electron chi connectivity index (χ0n) is 13.9. The molecule has 0 fully saturated rings. The Morgan fingerprint density at radius 2 is 1.67 bits per heavy atom. The number of ether oxygens (including phenoxy) is 2. The number of para-hydroxylation sites is 1. The van der Waals surface area contributed by atoms with Crippen LogP contribution in [0.2, 0.25) is 0 Å². The number of benzene rings is 2. The first kappa shape index (κ1) is 17.3. The van der Waals surface area contributed by atoms with Crippen LogP contribution < -0.4 is 14.8 Å². The van der Waals surface area contributed by atoms with Gasteiger partial charge in [0, 0.05) is 18.3 Å². The van der Waals surface area contributed by atoms with Gasteiger partial charge in [-0.3, -0.25) is 9.59 Å². The lowest BCUT2D eigenvalue weighted by Crippen LogP contribution is -2.34. The van der Waals surface area contributed by atoms with E-state index < -0.39 is 0 Å².